The molecular formula is C20H21N3O4. The summed E-state index contributed by atoms with van der Waals surface area (Å²) in [5.41, 5.74) is 7.76. The molecule has 0 radical (unpaired) electrons. The van der Waals surface area contributed by atoms with E-state index in [0.717, 1.165) is 11.3 Å². The maximum atomic E-state index is 11.2. The van der Waals surface area contributed by atoms with E-state index < -0.39 is 23.9 Å². The van der Waals surface area contributed by atoms with Gasteiger partial charge in [0.2, 0.25) is 0 Å². The second-order valence-electron chi connectivity index (χ2n) is 5.98. The molecule has 0 saturated carbocycles. The molecule has 0 aromatic heterocycles. The number of benzene rings is 2. The monoisotopic (exact) mass is 367 g/mol. The summed E-state index contributed by atoms with van der Waals surface area (Å²) >= 11 is 0. The molecule has 0 saturated heterocycles. The maximum absolute atomic E-state index is 11.2. The van der Waals surface area contributed by atoms with Crippen LogP contribution in [0, 0.1) is 5.92 Å². The summed E-state index contributed by atoms with van der Waals surface area (Å²) in [5.74, 6) is -3.11. The number of nitrogens with two attached hydrogens (primary N) is 1. The quantitative estimate of drug-likeness (QED) is 0.577. The summed E-state index contributed by atoms with van der Waals surface area (Å²) in [6, 6.07) is 15.5. The molecule has 4 N–H and O–H groups in total. The number of carbonyl (C=O) groups is 2. The topological polar surface area (TPSA) is 125 Å². The van der Waals surface area contributed by atoms with Gasteiger partial charge < -0.3 is 15.9 Å². The fourth-order valence-electron chi connectivity index (χ4n) is 2.34. The van der Waals surface area contributed by atoms with Gasteiger partial charge in [-0.1, -0.05) is 42.5 Å². The highest BCUT2D eigenvalue weighted by Crippen LogP contribution is 2.19. The molecule has 0 unspecified atom stereocenters. The fraction of sp³-hybridized carbons (Fsp3) is 0.200. The number of nitrogens with zero attached hydrogens (tertiary/aromatic N) is 2. The van der Waals surface area contributed by atoms with Crippen molar-refractivity contribution in [1.29, 1.82) is 0 Å². The molecule has 0 aliphatic heterocycles. The van der Waals surface area contributed by atoms with Gasteiger partial charge in [-0.15, -0.1) is 0 Å². The van der Waals surface area contributed by atoms with Gasteiger partial charge in [0.1, 0.15) is 6.04 Å². The molecular weight excluding hydrogens is 346 g/mol. The molecule has 2 aromatic carbocycles. The average molecular weight is 367 g/mol. The van der Waals surface area contributed by atoms with Crippen LogP contribution in [0.3, 0.4) is 0 Å². The van der Waals surface area contributed by atoms with Gasteiger partial charge in [0, 0.05) is 0 Å². The number of allylic oxidation sites excluding steroid dienone is 1. The molecule has 0 aliphatic carbocycles. The predicted octanol–water partition coefficient (Wildman–Crippen LogP) is 4.01. The maximum Gasteiger partial charge on any atom is 0.320 e. The van der Waals surface area contributed by atoms with Gasteiger partial charge in [0.05, 0.1) is 17.3 Å². The van der Waals surface area contributed by atoms with Crippen LogP contribution in [-0.2, 0) is 9.59 Å². The van der Waals surface area contributed by atoms with Gasteiger partial charge in [0.15, 0.2) is 0 Å². The van der Waals surface area contributed by atoms with Crippen LogP contribution in [0.5, 0.6) is 0 Å². The molecule has 2 aromatic rings. The molecule has 140 valence electrons. The van der Waals surface area contributed by atoms with Gasteiger partial charge in [-0.05, 0) is 42.7 Å². The lowest BCUT2D eigenvalue weighted by molar-refractivity contribution is -0.143. The number of rotatable bonds is 9. The molecule has 0 amide bonds. The summed E-state index contributed by atoms with van der Waals surface area (Å²) in [5, 5.41) is 26.3. The summed E-state index contributed by atoms with van der Waals surface area (Å²) < 4.78 is 0. The summed E-state index contributed by atoms with van der Waals surface area (Å²) in [7, 11) is 0. The van der Waals surface area contributed by atoms with Crippen LogP contribution in [0.1, 0.15) is 18.4 Å². The van der Waals surface area contributed by atoms with E-state index in [9.17, 15) is 14.7 Å². The van der Waals surface area contributed by atoms with E-state index in [4.69, 9.17) is 10.8 Å². The summed E-state index contributed by atoms with van der Waals surface area (Å²) in [6.45, 7) is 0. The van der Waals surface area contributed by atoms with Crippen molar-refractivity contribution in [1.82, 2.24) is 0 Å². The van der Waals surface area contributed by atoms with Crippen molar-refractivity contribution >= 4 is 29.4 Å². The van der Waals surface area contributed by atoms with E-state index in [-0.39, 0.29) is 12.8 Å². The highest BCUT2D eigenvalue weighted by Gasteiger charge is 2.23. The van der Waals surface area contributed by atoms with Gasteiger partial charge in [-0.2, -0.15) is 10.2 Å². The number of hydrogen-bond donors (Lipinski definition) is 3. The van der Waals surface area contributed by atoms with Crippen molar-refractivity contribution in [3.8, 4) is 0 Å². The van der Waals surface area contributed by atoms with E-state index >= 15 is 0 Å². The lowest BCUT2D eigenvalue weighted by atomic mass is 9.96. The SMILES string of the molecule is N[C@@H](C[C@@H](C/C=C/c1ccc(N=Nc2ccccc2)cc1)C(=O)O)C(=O)O. The van der Waals surface area contributed by atoms with Crippen molar-refractivity contribution in [2.75, 3.05) is 0 Å². The minimum atomic E-state index is -1.20. The second kappa shape index (κ2) is 9.98. The Bertz CT molecular complexity index is 817. The Kier molecular flexibility index (Phi) is 7.39. The van der Waals surface area contributed by atoms with Crippen molar-refractivity contribution in [3.63, 3.8) is 0 Å². The molecule has 7 nitrogen and oxygen atoms in total. The van der Waals surface area contributed by atoms with E-state index in [1.54, 1.807) is 24.3 Å². The van der Waals surface area contributed by atoms with Crippen LogP contribution in [0.2, 0.25) is 0 Å². The Labute approximate surface area is 156 Å². The van der Waals surface area contributed by atoms with Crippen LogP contribution in [0.15, 0.2) is 70.9 Å². The second-order valence-corrected chi connectivity index (χ2v) is 5.98. The standard InChI is InChI=1S/C20H21N3O4/c21-18(20(26)27)13-15(19(24)25)6-4-5-14-9-11-17(12-10-14)23-22-16-7-2-1-3-8-16/h1-5,7-12,15,18H,6,13,21H2,(H,24,25)(H,26,27)/b5-4+,23-22?/t15-,18+/m1/s1. The van der Waals surface area contributed by atoms with E-state index in [1.807, 2.05) is 42.5 Å². The lowest BCUT2D eigenvalue weighted by Crippen LogP contribution is -2.34. The first-order valence-electron chi connectivity index (χ1n) is 8.40. The van der Waals surface area contributed by atoms with Crippen LogP contribution >= 0.6 is 0 Å². The van der Waals surface area contributed by atoms with Crippen LogP contribution in [0.4, 0.5) is 11.4 Å². The molecule has 0 spiro atoms. The zero-order chi connectivity index (χ0) is 19.6. The molecule has 0 fully saturated rings. The predicted molar refractivity (Wildman–Crippen MR) is 102 cm³/mol. The largest absolute Gasteiger partial charge is 0.481 e. The smallest absolute Gasteiger partial charge is 0.320 e. The van der Waals surface area contributed by atoms with Crippen LogP contribution in [0.25, 0.3) is 6.08 Å². The molecule has 0 bridgehead atoms. The molecule has 27 heavy (non-hydrogen) atoms. The average Bonchev–Trinajstić information content (AvgIpc) is 2.67. The fourth-order valence-corrected chi connectivity index (χ4v) is 2.34. The van der Waals surface area contributed by atoms with Crippen molar-refractivity contribution in [3.05, 3.63) is 66.2 Å². The number of carboxylic acid groups (broad SMARTS) is 2. The van der Waals surface area contributed by atoms with Gasteiger partial charge in [0.25, 0.3) is 0 Å². The molecule has 2 atom stereocenters. The summed E-state index contributed by atoms with van der Waals surface area (Å²) in [6.07, 6.45) is 3.56. The Hall–Kier alpha value is -3.32. The van der Waals surface area contributed by atoms with Crippen molar-refractivity contribution in [2.45, 2.75) is 18.9 Å². The zero-order valence-corrected chi connectivity index (χ0v) is 14.6. The van der Waals surface area contributed by atoms with Gasteiger partial charge >= 0.3 is 11.9 Å². The first-order valence-corrected chi connectivity index (χ1v) is 8.40. The van der Waals surface area contributed by atoms with E-state index in [0.29, 0.717) is 5.69 Å². The van der Waals surface area contributed by atoms with Crippen molar-refractivity contribution in [2.24, 2.45) is 21.9 Å². The minimum absolute atomic E-state index is 0.117. The number of aliphatic carboxylic acids is 2. The normalized spacial score (nSPS) is 13.7. The Balaban J connectivity index is 1.93. The van der Waals surface area contributed by atoms with Crippen LogP contribution < -0.4 is 5.73 Å². The lowest BCUT2D eigenvalue weighted by Gasteiger charge is -2.12. The number of azo groups is 1. The molecule has 0 heterocycles. The van der Waals surface area contributed by atoms with Gasteiger partial charge in [-0.25, -0.2) is 0 Å². The third-order valence-electron chi connectivity index (χ3n) is 3.87. The highest BCUT2D eigenvalue weighted by molar-refractivity contribution is 5.76. The molecule has 2 rings (SSSR count). The van der Waals surface area contributed by atoms with Crippen LogP contribution in [-0.4, -0.2) is 28.2 Å². The number of carboxylic acids is 2. The molecule has 0 aliphatic rings. The highest BCUT2D eigenvalue weighted by atomic mass is 16.4. The zero-order valence-electron chi connectivity index (χ0n) is 14.6. The first-order chi connectivity index (χ1) is 13.0. The Morgan fingerprint density at radius 2 is 1.52 bits per heavy atom. The number of hydrogen-bond acceptors (Lipinski definition) is 5. The Morgan fingerprint density at radius 3 is 2.07 bits per heavy atom. The van der Waals surface area contributed by atoms with E-state index in [1.165, 1.54) is 0 Å². The van der Waals surface area contributed by atoms with Gasteiger partial charge in [-0.3, -0.25) is 9.59 Å². The third-order valence-corrected chi connectivity index (χ3v) is 3.87. The molecule has 7 heteroatoms. The minimum Gasteiger partial charge on any atom is -0.481 e. The Morgan fingerprint density at radius 1 is 0.926 bits per heavy atom. The third kappa shape index (κ3) is 6.83. The van der Waals surface area contributed by atoms with Crippen molar-refractivity contribution < 1.29 is 19.8 Å². The summed E-state index contributed by atoms with van der Waals surface area (Å²) in [4.78, 5) is 22.0. The van der Waals surface area contributed by atoms with E-state index in [2.05, 4.69) is 10.2 Å². The first kappa shape index (κ1) is 20.0.